The second kappa shape index (κ2) is 8.82. The van der Waals surface area contributed by atoms with Gasteiger partial charge in [-0.25, -0.2) is 0 Å². The summed E-state index contributed by atoms with van der Waals surface area (Å²) in [6.07, 6.45) is 1.21. The van der Waals surface area contributed by atoms with Crippen LogP contribution in [0.3, 0.4) is 0 Å². The Balaban J connectivity index is 1.65. The van der Waals surface area contributed by atoms with Crippen molar-refractivity contribution in [2.75, 3.05) is 30.3 Å². The Labute approximate surface area is 160 Å². The number of amides is 2. The third kappa shape index (κ3) is 5.41. The lowest BCUT2D eigenvalue weighted by Gasteiger charge is -2.34. The van der Waals surface area contributed by atoms with E-state index in [0.29, 0.717) is 29.6 Å². The fourth-order valence-corrected chi connectivity index (χ4v) is 3.82. The van der Waals surface area contributed by atoms with E-state index in [1.54, 1.807) is 18.2 Å². The highest BCUT2D eigenvalue weighted by atomic mass is 16.2. The minimum absolute atomic E-state index is 0.0868. The van der Waals surface area contributed by atoms with Crippen LogP contribution < -0.4 is 10.6 Å². The lowest BCUT2D eigenvalue weighted by molar-refractivity contribution is -0.117. The molecule has 0 saturated carbocycles. The average molecular weight is 365 g/mol. The van der Waals surface area contributed by atoms with Crippen molar-refractivity contribution < 1.29 is 9.59 Å². The van der Waals surface area contributed by atoms with Crippen molar-refractivity contribution in [2.24, 2.45) is 11.8 Å². The first-order valence-corrected chi connectivity index (χ1v) is 9.49. The third-order valence-corrected chi connectivity index (χ3v) is 4.79. The predicted octanol–water partition coefficient (Wildman–Crippen LogP) is 3.86. The van der Waals surface area contributed by atoms with Gasteiger partial charge in [-0.1, -0.05) is 44.2 Å². The summed E-state index contributed by atoms with van der Waals surface area (Å²) in [5.74, 6) is 0.879. The maximum atomic E-state index is 12.6. The number of rotatable bonds is 5. The van der Waals surface area contributed by atoms with Crippen molar-refractivity contribution >= 4 is 23.2 Å². The number of anilines is 2. The Morgan fingerprint density at radius 2 is 1.56 bits per heavy atom. The van der Waals surface area contributed by atoms with E-state index in [2.05, 4.69) is 29.4 Å². The molecule has 1 saturated heterocycles. The molecule has 1 heterocycles. The van der Waals surface area contributed by atoms with Crippen LogP contribution in [-0.4, -0.2) is 36.3 Å². The van der Waals surface area contributed by atoms with E-state index in [9.17, 15) is 9.59 Å². The molecule has 2 aromatic carbocycles. The van der Waals surface area contributed by atoms with Crippen molar-refractivity contribution in [1.82, 2.24) is 4.90 Å². The molecule has 27 heavy (non-hydrogen) atoms. The van der Waals surface area contributed by atoms with Crippen molar-refractivity contribution in [1.29, 1.82) is 0 Å². The molecule has 0 bridgehead atoms. The fourth-order valence-electron chi connectivity index (χ4n) is 3.82. The number of carbonyl (C=O) groups excluding carboxylic acids is 2. The summed E-state index contributed by atoms with van der Waals surface area (Å²) in [5, 5.41) is 5.78. The molecule has 5 nitrogen and oxygen atoms in total. The van der Waals surface area contributed by atoms with Gasteiger partial charge in [0.05, 0.1) is 17.8 Å². The van der Waals surface area contributed by atoms with Gasteiger partial charge in [-0.05, 0) is 42.5 Å². The zero-order valence-electron chi connectivity index (χ0n) is 15.9. The van der Waals surface area contributed by atoms with Gasteiger partial charge < -0.3 is 10.6 Å². The molecule has 2 aromatic rings. The van der Waals surface area contributed by atoms with Gasteiger partial charge in [0.25, 0.3) is 5.91 Å². The van der Waals surface area contributed by atoms with Crippen molar-refractivity contribution in [3.63, 3.8) is 0 Å². The normalized spacial score (nSPS) is 20.1. The maximum absolute atomic E-state index is 12.6. The third-order valence-electron chi connectivity index (χ3n) is 4.79. The SMILES string of the molecule is C[C@@H]1C[C@H](C)CN(CC(=O)Nc2ccccc2C(=O)Nc2ccccc2)C1. The van der Waals surface area contributed by atoms with E-state index in [-0.39, 0.29) is 11.8 Å². The largest absolute Gasteiger partial charge is 0.324 e. The zero-order valence-corrected chi connectivity index (χ0v) is 15.9. The Kier molecular flexibility index (Phi) is 6.24. The number of benzene rings is 2. The van der Waals surface area contributed by atoms with E-state index in [0.717, 1.165) is 18.8 Å². The van der Waals surface area contributed by atoms with Gasteiger partial charge in [0, 0.05) is 18.8 Å². The van der Waals surface area contributed by atoms with Crippen LogP contribution in [0.2, 0.25) is 0 Å². The van der Waals surface area contributed by atoms with E-state index in [1.807, 2.05) is 36.4 Å². The molecular formula is C22H27N3O2. The van der Waals surface area contributed by atoms with Crippen LogP contribution in [0.1, 0.15) is 30.6 Å². The average Bonchev–Trinajstić information content (AvgIpc) is 2.62. The lowest BCUT2D eigenvalue weighted by Crippen LogP contribution is -2.43. The van der Waals surface area contributed by atoms with Crippen LogP contribution in [-0.2, 0) is 4.79 Å². The number of hydrogen-bond acceptors (Lipinski definition) is 3. The summed E-state index contributed by atoms with van der Waals surface area (Å²) in [4.78, 5) is 27.4. The molecule has 1 aliphatic heterocycles. The summed E-state index contributed by atoms with van der Waals surface area (Å²) >= 11 is 0. The summed E-state index contributed by atoms with van der Waals surface area (Å²) in [6, 6.07) is 16.4. The zero-order chi connectivity index (χ0) is 19.2. The van der Waals surface area contributed by atoms with E-state index in [1.165, 1.54) is 6.42 Å². The highest BCUT2D eigenvalue weighted by Crippen LogP contribution is 2.21. The van der Waals surface area contributed by atoms with Gasteiger partial charge in [0.15, 0.2) is 0 Å². The molecule has 0 spiro atoms. The van der Waals surface area contributed by atoms with Crippen LogP contribution in [0, 0.1) is 11.8 Å². The summed E-state index contributed by atoms with van der Waals surface area (Å²) in [7, 11) is 0. The van der Waals surface area contributed by atoms with Crippen LogP contribution in [0.4, 0.5) is 11.4 Å². The van der Waals surface area contributed by atoms with E-state index in [4.69, 9.17) is 0 Å². The number of likely N-dealkylation sites (tertiary alicyclic amines) is 1. The second-order valence-corrected chi connectivity index (χ2v) is 7.55. The minimum Gasteiger partial charge on any atom is -0.324 e. The number of hydrogen-bond donors (Lipinski definition) is 2. The number of carbonyl (C=O) groups is 2. The molecule has 3 rings (SSSR count). The molecule has 0 unspecified atom stereocenters. The summed E-state index contributed by atoms with van der Waals surface area (Å²) < 4.78 is 0. The molecule has 0 aromatic heterocycles. The van der Waals surface area contributed by atoms with Crippen molar-refractivity contribution in [3.05, 3.63) is 60.2 Å². The van der Waals surface area contributed by atoms with Gasteiger partial charge in [-0.15, -0.1) is 0 Å². The predicted molar refractivity (Wildman–Crippen MR) is 109 cm³/mol. The molecule has 2 atom stereocenters. The van der Waals surface area contributed by atoms with Gasteiger partial charge in [0.1, 0.15) is 0 Å². The molecule has 5 heteroatoms. The number of para-hydroxylation sites is 2. The topological polar surface area (TPSA) is 61.4 Å². The number of nitrogens with zero attached hydrogens (tertiary/aromatic N) is 1. The van der Waals surface area contributed by atoms with Crippen LogP contribution in [0.15, 0.2) is 54.6 Å². The van der Waals surface area contributed by atoms with Crippen LogP contribution >= 0.6 is 0 Å². The Bertz CT molecular complexity index is 781. The molecule has 2 amide bonds. The van der Waals surface area contributed by atoms with Gasteiger partial charge in [-0.2, -0.15) is 0 Å². The first-order chi connectivity index (χ1) is 13.0. The molecule has 142 valence electrons. The van der Waals surface area contributed by atoms with Crippen molar-refractivity contribution in [3.8, 4) is 0 Å². The van der Waals surface area contributed by atoms with Crippen LogP contribution in [0.25, 0.3) is 0 Å². The quantitative estimate of drug-likeness (QED) is 0.846. The Hall–Kier alpha value is -2.66. The first-order valence-electron chi connectivity index (χ1n) is 9.49. The number of piperidine rings is 1. The Morgan fingerprint density at radius 1 is 0.926 bits per heavy atom. The van der Waals surface area contributed by atoms with Crippen LogP contribution in [0.5, 0.6) is 0 Å². The van der Waals surface area contributed by atoms with Gasteiger partial charge in [0.2, 0.25) is 5.91 Å². The lowest BCUT2D eigenvalue weighted by atomic mass is 9.92. The summed E-state index contributed by atoms with van der Waals surface area (Å²) in [6.45, 7) is 6.68. The first kappa shape index (κ1) is 19.1. The monoisotopic (exact) mass is 365 g/mol. The maximum Gasteiger partial charge on any atom is 0.257 e. The highest BCUT2D eigenvalue weighted by molar-refractivity contribution is 6.10. The standard InChI is InChI=1S/C22H27N3O2/c1-16-12-17(2)14-25(13-16)15-21(26)24-20-11-7-6-10-19(20)22(27)23-18-8-4-3-5-9-18/h3-11,16-17H,12-15H2,1-2H3,(H,23,27)(H,24,26)/t16-,17+. The second-order valence-electron chi connectivity index (χ2n) is 7.55. The molecule has 0 aliphatic carbocycles. The minimum atomic E-state index is -0.239. The highest BCUT2D eigenvalue weighted by Gasteiger charge is 2.23. The van der Waals surface area contributed by atoms with E-state index >= 15 is 0 Å². The number of nitrogens with one attached hydrogen (secondary N) is 2. The van der Waals surface area contributed by atoms with Gasteiger partial charge in [-0.3, -0.25) is 14.5 Å². The van der Waals surface area contributed by atoms with Gasteiger partial charge >= 0.3 is 0 Å². The molecule has 1 fully saturated rings. The molecule has 2 N–H and O–H groups in total. The fraction of sp³-hybridized carbons (Fsp3) is 0.364. The van der Waals surface area contributed by atoms with E-state index < -0.39 is 0 Å². The smallest absolute Gasteiger partial charge is 0.257 e. The molecular weight excluding hydrogens is 338 g/mol. The molecule has 0 radical (unpaired) electrons. The van der Waals surface area contributed by atoms with Crippen molar-refractivity contribution in [2.45, 2.75) is 20.3 Å². The molecule has 1 aliphatic rings. The Morgan fingerprint density at radius 3 is 2.26 bits per heavy atom. The summed E-state index contributed by atoms with van der Waals surface area (Å²) in [5.41, 5.74) is 1.71.